The predicted molar refractivity (Wildman–Crippen MR) is 95.8 cm³/mol. The van der Waals surface area contributed by atoms with Crippen LogP contribution in [0.5, 0.6) is 0 Å². The van der Waals surface area contributed by atoms with Crippen molar-refractivity contribution in [1.29, 1.82) is 0 Å². The zero-order valence-electron chi connectivity index (χ0n) is 15.1. The van der Waals surface area contributed by atoms with Gasteiger partial charge in [0.15, 0.2) is 0 Å². The average Bonchev–Trinajstić information content (AvgIpc) is 2.70. The van der Waals surface area contributed by atoms with E-state index in [-0.39, 0.29) is 16.8 Å². The maximum absolute atomic E-state index is 13.8. The van der Waals surface area contributed by atoms with Gasteiger partial charge < -0.3 is 25.5 Å². The molecular weight excluding hydrogens is 326 g/mol. The fourth-order valence-electron chi connectivity index (χ4n) is 2.54. The van der Waals surface area contributed by atoms with Gasteiger partial charge in [0.1, 0.15) is 5.82 Å². The molecule has 1 fully saturated rings. The van der Waals surface area contributed by atoms with Crippen LogP contribution >= 0.6 is 0 Å². The smallest absolute Gasteiger partial charge is 0.478 e. The number of benzene rings is 1. The summed E-state index contributed by atoms with van der Waals surface area (Å²) in [6, 6.07) is 2.10. The molecule has 1 heterocycles. The largest absolute Gasteiger partial charge is 0.491 e. The number of hydrogen-bond donors (Lipinski definition) is 3. The molecule has 1 aromatic carbocycles. The second-order valence-corrected chi connectivity index (χ2v) is 7.10. The SMILES string of the molecule is CNCC(=Cc1cc(F)cc(C(=O)O)c1N)B1OC(C)(C)C(C)(C)O1. The molecule has 25 heavy (non-hydrogen) atoms. The van der Waals surface area contributed by atoms with E-state index in [4.69, 9.17) is 15.0 Å². The molecule has 0 saturated carbocycles. The Labute approximate surface area is 147 Å². The molecule has 6 nitrogen and oxygen atoms in total. The van der Waals surface area contributed by atoms with Crippen molar-refractivity contribution >= 4 is 24.9 Å². The molecule has 0 unspecified atom stereocenters. The van der Waals surface area contributed by atoms with Crippen molar-refractivity contribution < 1.29 is 23.6 Å². The molecule has 0 aromatic heterocycles. The van der Waals surface area contributed by atoms with E-state index in [1.54, 1.807) is 13.1 Å². The third-order valence-corrected chi connectivity index (χ3v) is 4.68. The summed E-state index contributed by atoms with van der Waals surface area (Å²) in [7, 11) is 1.12. The number of halogens is 1. The summed E-state index contributed by atoms with van der Waals surface area (Å²) in [6.45, 7) is 8.15. The Morgan fingerprint density at radius 3 is 2.36 bits per heavy atom. The number of anilines is 1. The molecule has 1 aliphatic rings. The zero-order valence-corrected chi connectivity index (χ0v) is 15.1. The fraction of sp³-hybridized carbons (Fsp3) is 0.471. The number of aromatic carboxylic acids is 1. The van der Waals surface area contributed by atoms with Crippen LogP contribution in [0.15, 0.2) is 17.6 Å². The van der Waals surface area contributed by atoms with Crippen molar-refractivity contribution in [2.24, 2.45) is 0 Å². The number of nitrogens with one attached hydrogen (secondary N) is 1. The van der Waals surface area contributed by atoms with Gasteiger partial charge >= 0.3 is 13.1 Å². The summed E-state index contributed by atoms with van der Waals surface area (Å²) in [5, 5.41) is 12.2. The second-order valence-electron chi connectivity index (χ2n) is 7.10. The van der Waals surface area contributed by atoms with Gasteiger partial charge in [-0.1, -0.05) is 6.08 Å². The van der Waals surface area contributed by atoms with E-state index in [9.17, 15) is 14.3 Å². The normalized spacial score (nSPS) is 19.3. The number of nitrogen functional groups attached to an aromatic ring is 1. The van der Waals surface area contributed by atoms with Gasteiger partial charge in [0.25, 0.3) is 0 Å². The highest BCUT2D eigenvalue weighted by atomic mass is 19.1. The first-order chi connectivity index (χ1) is 11.5. The minimum absolute atomic E-state index is 0.000907. The quantitative estimate of drug-likeness (QED) is 0.558. The van der Waals surface area contributed by atoms with E-state index in [1.165, 1.54) is 6.07 Å². The van der Waals surface area contributed by atoms with Crippen LogP contribution in [0.4, 0.5) is 10.1 Å². The van der Waals surface area contributed by atoms with Gasteiger partial charge in [0.2, 0.25) is 0 Å². The van der Waals surface area contributed by atoms with Crippen molar-refractivity contribution in [3.05, 3.63) is 34.5 Å². The van der Waals surface area contributed by atoms with E-state index in [0.717, 1.165) is 6.07 Å². The van der Waals surface area contributed by atoms with Crippen molar-refractivity contribution in [2.75, 3.05) is 19.3 Å². The summed E-state index contributed by atoms with van der Waals surface area (Å²) in [6.07, 6.45) is 1.61. The molecule has 0 atom stereocenters. The number of carboxylic acids is 1. The van der Waals surface area contributed by atoms with Crippen LogP contribution < -0.4 is 11.1 Å². The summed E-state index contributed by atoms with van der Waals surface area (Å²) < 4.78 is 25.8. The van der Waals surface area contributed by atoms with Crippen LogP contribution in [0.1, 0.15) is 43.6 Å². The first-order valence-electron chi connectivity index (χ1n) is 8.01. The van der Waals surface area contributed by atoms with Crippen LogP contribution in [-0.4, -0.2) is 43.0 Å². The molecule has 0 aliphatic carbocycles. The fourth-order valence-corrected chi connectivity index (χ4v) is 2.54. The standard InChI is InChI=1S/C17H24BFN2O4/c1-16(2)17(3,4)25-18(24-16)11(9-21-5)6-10-7-12(19)8-13(14(10)20)15(22)23/h6-8,21H,9,20H2,1-5H3,(H,22,23). The molecule has 4 N–H and O–H groups in total. The van der Waals surface area contributed by atoms with Crippen molar-refractivity contribution in [1.82, 2.24) is 5.32 Å². The highest BCUT2D eigenvalue weighted by Crippen LogP contribution is 2.39. The van der Waals surface area contributed by atoms with Crippen LogP contribution in [0.25, 0.3) is 6.08 Å². The number of carbonyl (C=O) groups is 1. The number of hydrogen-bond acceptors (Lipinski definition) is 5. The summed E-state index contributed by atoms with van der Waals surface area (Å²) >= 11 is 0. The van der Waals surface area contributed by atoms with Gasteiger partial charge in [-0.15, -0.1) is 0 Å². The highest BCUT2D eigenvalue weighted by Gasteiger charge is 2.52. The molecule has 2 rings (SSSR count). The van der Waals surface area contributed by atoms with Gasteiger partial charge in [-0.2, -0.15) is 0 Å². The van der Waals surface area contributed by atoms with Gasteiger partial charge in [-0.25, -0.2) is 9.18 Å². The summed E-state index contributed by atoms with van der Waals surface area (Å²) in [5.41, 5.74) is 5.55. The minimum atomic E-state index is -1.28. The zero-order chi connectivity index (χ0) is 19.0. The highest BCUT2D eigenvalue weighted by molar-refractivity contribution is 6.56. The van der Waals surface area contributed by atoms with Crippen molar-refractivity contribution in [2.45, 2.75) is 38.9 Å². The Morgan fingerprint density at radius 1 is 1.32 bits per heavy atom. The maximum atomic E-state index is 13.8. The van der Waals surface area contributed by atoms with Gasteiger partial charge in [-0.3, -0.25) is 0 Å². The summed E-state index contributed by atoms with van der Waals surface area (Å²) in [4.78, 5) is 11.2. The molecule has 1 aliphatic heterocycles. The third-order valence-electron chi connectivity index (χ3n) is 4.68. The van der Waals surface area contributed by atoms with E-state index in [2.05, 4.69) is 5.32 Å². The first-order valence-corrected chi connectivity index (χ1v) is 8.01. The Hall–Kier alpha value is -1.90. The molecule has 136 valence electrons. The first kappa shape index (κ1) is 19.4. The topological polar surface area (TPSA) is 93.8 Å². The Balaban J connectivity index is 2.47. The van der Waals surface area contributed by atoms with Gasteiger partial charge in [-0.05, 0) is 52.3 Å². The number of nitrogens with two attached hydrogens (primary N) is 1. The van der Waals surface area contributed by atoms with E-state index in [0.29, 0.717) is 12.0 Å². The van der Waals surface area contributed by atoms with Gasteiger partial charge in [0.05, 0.1) is 22.5 Å². The van der Waals surface area contributed by atoms with E-state index < -0.39 is 30.1 Å². The van der Waals surface area contributed by atoms with E-state index >= 15 is 0 Å². The van der Waals surface area contributed by atoms with Crippen LogP contribution in [-0.2, 0) is 9.31 Å². The lowest BCUT2D eigenvalue weighted by Gasteiger charge is -2.32. The van der Waals surface area contributed by atoms with E-state index in [1.807, 2.05) is 27.7 Å². The molecular formula is C17H24BFN2O4. The third kappa shape index (κ3) is 3.86. The van der Waals surface area contributed by atoms with Crippen molar-refractivity contribution in [3.8, 4) is 0 Å². The number of carboxylic acid groups (broad SMARTS) is 1. The lowest BCUT2D eigenvalue weighted by molar-refractivity contribution is 0.00578. The molecule has 0 radical (unpaired) electrons. The molecule has 1 saturated heterocycles. The maximum Gasteiger partial charge on any atom is 0.491 e. The molecule has 0 amide bonds. The Morgan fingerprint density at radius 2 is 1.88 bits per heavy atom. The lowest BCUT2D eigenvalue weighted by Crippen LogP contribution is -2.41. The molecule has 1 aromatic rings. The average molecular weight is 350 g/mol. The number of likely N-dealkylation sites (N-methyl/N-ethyl adjacent to an activating group) is 1. The monoisotopic (exact) mass is 350 g/mol. The predicted octanol–water partition coefficient (Wildman–Crippen LogP) is 2.34. The summed E-state index contributed by atoms with van der Waals surface area (Å²) in [5.74, 6) is -1.95. The van der Waals surface area contributed by atoms with Crippen LogP contribution in [0.2, 0.25) is 0 Å². The Bertz CT molecular complexity index is 703. The second kappa shape index (κ2) is 6.78. The molecule has 0 bridgehead atoms. The van der Waals surface area contributed by atoms with Gasteiger partial charge in [0, 0.05) is 12.1 Å². The van der Waals surface area contributed by atoms with Crippen LogP contribution in [0.3, 0.4) is 0 Å². The number of rotatable bonds is 5. The molecule has 0 spiro atoms. The lowest BCUT2D eigenvalue weighted by atomic mass is 9.76. The Kier molecular flexibility index (Phi) is 5.27. The van der Waals surface area contributed by atoms with Crippen molar-refractivity contribution in [3.63, 3.8) is 0 Å². The molecule has 8 heteroatoms. The van der Waals surface area contributed by atoms with Crippen LogP contribution in [0, 0.1) is 5.82 Å². The minimum Gasteiger partial charge on any atom is -0.478 e.